The Labute approximate surface area is 231 Å². The summed E-state index contributed by atoms with van der Waals surface area (Å²) in [6.45, 7) is 9.90. The maximum atomic E-state index is 13.2. The predicted octanol–water partition coefficient (Wildman–Crippen LogP) is 6.81. The van der Waals surface area contributed by atoms with Gasteiger partial charge in [-0.25, -0.2) is 9.78 Å². The van der Waals surface area contributed by atoms with Crippen LogP contribution in [0.25, 0.3) is 21.0 Å². The zero-order valence-electron chi connectivity index (χ0n) is 22.2. The third-order valence-corrected chi connectivity index (χ3v) is 8.29. The topological polar surface area (TPSA) is 88.5 Å². The molecule has 8 heteroatoms. The maximum Gasteiger partial charge on any atom is 0.333 e. The highest BCUT2D eigenvalue weighted by Gasteiger charge is 2.22. The van der Waals surface area contributed by atoms with E-state index in [0.717, 1.165) is 32.1 Å². The van der Waals surface area contributed by atoms with Gasteiger partial charge in [-0.3, -0.25) is 4.79 Å². The molecule has 2 heterocycles. The molecule has 0 fully saturated rings. The SMILES string of the molecule is Cc1ccc(-c2nc(C)c(C(=O)NCc3cc(CC(OC(C)C)C(=O)O)ccc3-c3ccc(C)s3)s2)cc1. The molecule has 38 heavy (non-hydrogen) atoms. The Morgan fingerprint density at radius 1 is 1.00 bits per heavy atom. The lowest BCUT2D eigenvalue weighted by atomic mass is 9.99. The molecule has 0 spiro atoms. The molecule has 0 saturated heterocycles. The molecule has 4 aromatic rings. The number of hydrogen-bond donors (Lipinski definition) is 2. The van der Waals surface area contributed by atoms with Crippen molar-refractivity contribution < 1.29 is 19.4 Å². The third-order valence-electron chi connectivity index (χ3n) is 6.05. The van der Waals surface area contributed by atoms with E-state index in [1.54, 1.807) is 11.3 Å². The Bertz CT molecular complexity index is 1440. The van der Waals surface area contributed by atoms with Gasteiger partial charge in [-0.2, -0.15) is 0 Å². The summed E-state index contributed by atoms with van der Waals surface area (Å²) in [5.41, 5.74) is 5.64. The number of ether oxygens (including phenoxy) is 1. The zero-order chi connectivity index (χ0) is 27.4. The van der Waals surface area contributed by atoms with Gasteiger partial charge in [0.25, 0.3) is 5.91 Å². The first kappa shape index (κ1) is 27.7. The molecule has 1 unspecified atom stereocenters. The summed E-state index contributed by atoms with van der Waals surface area (Å²) < 4.78 is 5.62. The lowest BCUT2D eigenvalue weighted by Gasteiger charge is -2.18. The second kappa shape index (κ2) is 12.0. The van der Waals surface area contributed by atoms with Crippen LogP contribution in [0.5, 0.6) is 0 Å². The number of amides is 1. The van der Waals surface area contributed by atoms with Crippen LogP contribution in [-0.2, 0) is 22.5 Å². The van der Waals surface area contributed by atoms with Gasteiger partial charge in [-0.05, 0) is 63.4 Å². The van der Waals surface area contributed by atoms with Crippen LogP contribution in [-0.4, -0.2) is 34.2 Å². The number of aromatic nitrogens is 1. The molecule has 6 nitrogen and oxygen atoms in total. The maximum absolute atomic E-state index is 13.2. The molecule has 0 saturated carbocycles. The first-order chi connectivity index (χ1) is 18.1. The van der Waals surface area contributed by atoms with E-state index in [1.165, 1.54) is 21.8 Å². The Morgan fingerprint density at radius 3 is 2.37 bits per heavy atom. The fraction of sp³-hybridized carbons (Fsp3) is 0.300. The highest BCUT2D eigenvalue weighted by molar-refractivity contribution is 7.17. The van der Waals surface area contributed by atoms with Crippen molar-refractivity contribution in [1.29, 1.82) is 0 Å². The number of rotatable bonds is 10. The first-order valence-electron chi connectivity index (χ1n) is 12.5. The average molecular weight is 549 g/mol. The zero-order valence-corrected chi connectivity index (χ0v) is 23.8. The molecular formula is C30H32N2O4S2. The van der Waals surface area contributed by atoms with Crippen molar-refractivity contribution in [2.45, 2.75) is 59.8 Å². The van der Waals surface area contributed by atoms with Crippen molar-refractivity contribution in [3.05, 3.63) is 86.7 Å². The summed E-state index contributed by atoms with van der Waals surface area (Å²) >= 11 is 3.07. The van der Waals surface area contributed by atoms with Gasteiger partial charge in [0.05, 0.1) is 11.8 Å². The van der Waals surface area contributed by atoms with Gasteiger partial charge in [0.2, 0.25) is 0 Å². The van der Waals surface area contributed by atoms with Gasteiger partial charge < -0.3 is 15.2 Å². The van der Waals surface area contributed by atoms with Gasteiger partial charge >= 0.3 is 5.97 Å². The van der Waals surface area contributed by atoms with E-state index in [0.29, 0.717) is 17.1 Å². The van der Waals surface area contributed by atoms with E-state index in [1.807, 2.05) is 70.2 Å². The summed E-state index contributed by atoms with van der Waals surface area (Å²) in [5.74, 6) is -1.17. The minimum absolute atomic E-state index is 0.177. The number of carboxylic acid groups (broad SMARTS) is 1. The fourth-order valence-corrected chi connectivity index (χ4v) is 6.07. The molecule has 198 valence electrons. The predicted molar refractivity (Wildman–Crippen MR) is 154 cm³/mol. The van der Waals surface area contributed by atoms with Crippen LogP contribution < -0.4 is 5.32 Å². The molecule has 1 amide bonds. The van der Waals surface area contributed by atoms with Crippen molar-refractivity contribution in [2.75, 3.05) is 0 Å². The number of benzene rings is 2. The fourth-order valence-electron chi connectivity index (χ4n) is 4.16. The van der Waals surface area contributed by atoms with Crippen molar-refractivity contribution in [1.82, 2.24) is 10.3 Å². The summed E-state index contributed by atoms with van der Waals surface area (Å²) in [6, 6.07) is 18.2. The van der Waals surface area contributed by atoms with E-state index in [4.69, 9.17) is 4.74 Å². The lowest BCUT2D eigenvalue weighted by molar-refractivity contribution is -0.153. The van der Waals surface area contributed by atoms with Crippen molar-refractivity contribution in [3.8, 4) is 21.0 Å². The molecular weight excluding hydrogens is 516 g/mol. The highest BCUT2D eigenvalue weighted by Crippen LogP contribution is 2.32. The molecule has 0 radical (unpaired) electrons. The third kappa shape index (κ3) is 6.75. The molecule has 4 rings (SSSR count). The van der Waals surface area contributed by atoms with Gasteiger partial charge in [-0.15, -0.1) is 22.7 Å². The lowest BCUT2D eigenvalue weighted by Crippen LogP contribution is -2.29. The average Bonchev–Trinajstić information content (AvgIpc) is 3.48. The van der Waals surface area contributed by atoms with Crippen molar-refractivity contribution >= 4 is 34.6 Å². The monoisotopic (exact) mass is 548 g/mol. The quantitative estimate of drug-likeness (QED) is 0.227. The van der Waals surface area contributed by atoms with E-state index in [2.05, 4.69) is 29.4 Å². The molecule has 0 aliphatic heterocycles. The van der Waals surface area contributed by atoms with Crippen LogP contribution in [0.4, 0.5) is 0 Å². The number of carbonyl (C=O) groups is 2. The number of aryl methyl sites for hydroxylation is 3. The number of thiazole rings is 1. The van der Waals surface area contributed by atoms with Crippen molar-refractivity contribution in [2.24, 2.45) is 0 Å². The van der Waals surface area contributed by atoms with E-state index >= 15 is 0 Å². The molecule has 2 aromatic carbocycles. The van der Waals surface area contributed by atoms with Crippen LogP contribution in [0.3, 0.4) is 0 Å². The Balaban J connectivity index is 1.58. The summed E-state index contributed by atoms with van der Waals surface area (Å²) in [7, 11) is 0. The molecule has 0 bridgehead atoms. The Hall–Kier alpha value is -3.33. The smallest absolute Gasteiger partial charge is 0.333 e. The van der Waals surface area contributed by atoms with Crippen LogP contribution in [0, 0.1) is 20.8 Å². The minimum Gasteiger partial charge on any atom is -0.479 e. The Kier molecular flexibility index (Phi) is 8.76. The summed E-state index contributed by atoms with van der Waals surface area (Å²) in [4.78, 5) is 32.5. The van der Waals surface area contributed by atoms with Gasteiger partial charge in [0.15, 0.2) is 6.10 Å². The van der Waals surface area contributed by atoms with Crippen molar-refractivity contribution in [3.63, 3.8) is 0 Å². The molecule has 2 aromatic heterocycles. The van der Waals surface area contributed by atoms with Crippen LogP contribution in [0.15, 0.2) is 54.6 Å². The first-order valence-corrected chi connectivity index (χ1v) is 14.1. The number of hydrogen-bond acceptors (Lipinski definition) is 6. The van der Waals surface area contributed by atoms with Gasteiger partial charge in [-0.1, -0.05) is 48.0 Å². The number of carboxylic acids is 1. The highest BCUT2D eigenvalue weighted by atomic mass is 32.1. The van der Waals surface area contributed by atoms with Gasteiger partial charge in [0, 0.05) is 28.3 Å². The second-order valence-corrected chi connectivity index (χ2v) is 11.9. The van der Waals surface area contributed by atoms with Crippen LogP contribution >= 0.6 is 22.7 Å². The van der Waals surface area contributed by atoms with Gasteiger partial charge in [0.1, 0.15) is 9.88 Å². The molecule has 0 aliphatic carbocycles. The molecule has 0 aliphatic rings. The summed E-state index contributed by atoms with van der Waals surface area (Å²) in [5, 5.41) is 13.5. The minimum atomic E-state index is -0.989. The normalized spacial score (nSPS) is 12.1. The van der Waals surface area contributed by atoms with E-state index < -0.39 is 12.1 Å². The molecule has 2 N–H and O–H groups in total. The molecule has 1 atom stereocenters. The number of aliphatic carboxylic acids is 1. The number of carbonyl (C=O) groups excluding carboxylic acids is 1. The largest absolute Gasteiger partial charge is 0.479 e. The van der Waals surface area contributed by atoms with E-state index in [9.17, 15) is 14.7 Å². The standard InChI is InChI=1S/C30H32N2O4S2/c1-17(2)36-25(30(34)35)15-21-9-12-24(26-13-8-19(4)37-26)23(14-21)16-31-28(33)27-20(5)32-29(38-27)22-10-6-18(3)7-11-22/h6-14,17,25H,15-16H2,1-5H3,(H,31,33)(H,34,35). The summed E-state index contributed by atoms with van der Waals surface area (Å²) in [6.07, 6.45) is -0.894. The van der Waals surface area contributed by atoms with Crippen LogP contribution in [0.2, 0.25) is 0 Å². The van der Waals surface area contributed by atoms with E-state index in [-0.39, 0.29) is 18.4 Å². The number of nitrogens with one attached hydrogen (secondary N) is 1. The Morgan fingerprint density at radius 2 is 1.74 bits per heavy atom. The second-order valence-electron chi connectivity index (χ2n) is 9.60. The number of nitrogens with zero attached hydrogens (tertiary/aromatic N) is 1. The van der Waals surface area contributed by atoms with Crippen LogP contribution in [0.1, 0.15) is 50.8 Å². The number of thiophene rings is 1.